The lowest BCUT2D eigenvalue weighted by atomic mass is 9.95. The van der Waals surface area contributed by atoms with Gasteiger partial charge in [0.25, 0.3) is 0 Å². The summed E-state index contributed by atoms with van der Waals surface area (Å²) in [7, 11) is 1.36. The Morgan fingerprint density at radius 2 is 2.00 bits per heavy atom. The van der Waals surface area contributed by atoms with Crippen molar-refractivity contribution in [2.45, 2.75) is 37.3 Å². The number of anilines is 1. The zero-order chi connectivity index (χ0) is 22.7. The molecule has 1 aliphatic rings. The predicted molar refractivity (Wildman–Crippen MR) is 130 cm³/mol. The summed E-state index contributed by atoms with van der Waals surface area (Å²) in [4.78, 5) is 26.1. The molecule has 0 saturated heterocycles. The molecule has 0 aliphatic heterocycles. The number of halogens is 1. The van der Waals surface area contributed by atoms with E-state index in [0.29, 0.717) is 27.3 Å². The third kappa shape index (κ3) is 4.84. The molecule has 0 saturated carbocycles. The summed E-state index contributed by atoms with van der Waals surface area (Å²) in [5.74, 6) is 6.61. The van der Waals surface area contributed by atoms with Crippen LogP contribution in [0.1, 0.15) is 40.1 Å². The first-order valence-corrected chi connectivity index (χ1v) is 12.7. The Bertz CT molecular complexity index is 1140. The van der Waals surface area contributed by atoms with Gasteiger partial charge in [0, 0.05) is 27.1 Å². The normalized spacial score (nSPS) is 12.9. The van der Waals surface area contributed by atoms with E-state index in [1.807, 2.05) is 24.3 Å². The Balaban J connectivity index is 1.38. The van der Waals surface area contributed by atoms with Crippen LogP contribution in [0.15, 0.2) is 33.9 Å². The smallest absolute Gasteiger partial charge is 0.341 e. The number of carbonyl (C=O) groups excluding carboxylic acids is 2. The fourth-order valence-electron chi connectivity index (χ4n) is 3.57. The SMILES string of the molecule is COC(=O)c1c(NC(=O)CCSc2nnc(-c3ccc(Br)cc3)n2N)sc2c1CCCC2. The second-order valence-corrected chi connectivity index (χ2v) is 10.3. The quantitative estimate of drug-likeness (QED) is 0.264. The van der Waals surface area contributed by atoms with E-state index < -0.39 is 5.97 Å². The molecule has 0 unspecified atom stereocenters. The van der Waals surface area contributed by atoms with Crippen LogP contribution in [0.5, 0.6) is 0 Å². The maximum Gasteiger partial charge on any atom is 0.341 e. The Labute approximate surface area is 202 Å². The topological polar surface area (TPSA) is 112 Å². The van der Waals surface area contributed by atoms with Gasteiger partial charge in [0.05, 0.1) is 12.7 Å². The second-order valence-electron chi connectivity index (χ2n) is 7.24. The number of rotatable bonds is 7. The van der Waals surface area contributed by atoms with E-state index in [1.54, 1.807) is 0 Å². The number of ether oxygens (including phenoxy) is 1. The summed E-state index contributed by atoms with van der Waals surface area (Å²) < 4.78 is 7.35. The van der Waals surface area contributed by atoms with Crippen LogP contribution in [0.2, 0.25) is 0 Å². The fraction of sp³-hybridized carbons (Fsp3) is 0.333. The number of thioether (sulfide) groups is 1. The van der Waals surface area contributed by atoms with Crippen molar-refractivity contribution in [1.29, 1.82) is 0 Å². The van der Waals surface area contributed by atoms with Crippen LogP contribution < -0.4 is 11.2 Å². The summed E-state index contributed by atoms with van der Waals surface area (Å²) in [6.45, 7) is 0. The molecule has 0 spiro atoms. The van der Waals surface area contributed by atoms with E-state index in [1.165, 1.54) is 34.9 Å². The van der Waals surface area contributed by atoms with Gasteiger partial charge in [-0.25, -0.2) is 9.47 Å². The van der Waals surface area contributed by atoms with Gasteiger partial charge in [-0.3, -0.25) is 4.79 Å². The van der Waals surface area contributed by atoms with Crippen molar-refractivity contribution in [3.8, 4) is 11.4 Å². The molecule has 1 amide bonds. The number of hydrogen-bond donors (Lipinski definition) is 2. The molecule has 11 heteroatoms. The van der Waals surface area contributed by atoms with Gasteiger partial charge >= 0.3 is 5.97 Å². The Kier molecular flexibility index (Phi) is 7.17. The molecule has 1 aromatic carbocycles. The monoisotopic (exact) mass is 535 g/mol. The standard InChI is InChI=1S/C21H22BrN5O3S2/c1-30-20(29)17-14-4-2-3-5-15(14)32-19(17)24-16(28)10-11-31-21-26-25-18(27(21)23)12-6-8-13(22)9-7-12/h6-9H,2-5,10-11,23H2,1H3,(H,24,28). The lowest BCUT2D eigenvalue weighted by molar-refractivity contribution is -0.115. The number of aromatic nitrogens is 3. The molecule has 2 aromatic heterocycles. The fourth-order valence-corrected chi connectivity index (χ4v) is 5.92. The number of aryl methyl sites for hydroxylation is 1. The molecule has 32 heavy (non-hydrogen) atoms. The number of methoxy groups -OCH3 is 1. The van der Waals surface area contributed by atoms with Crippen LogP contribution in [-0.4, -0.2) is 39.6 Å². The van der Waals surface area contributed by atoms with Crippen molar-refractivity contribution >= 4 is 55.9 Å². The molecular weight excluding hydrogens is 514 g/mol. The molecule has 0 atom stereocenters. The summed E-state index contributed by atoms with van der Waals surface area (Å²) in [5, 5.41) is 12.3. The molecule has 168 valence electrons. The average Bonchev–Trinajstić information content (AvgIpc) is 3.34. The van der Waals surface area contributed by atoms with Gasteiger partial charge in [-0.05, 0) is 43.4 Å². The van der Waals surface area contributed by atoms with Gasteiger partial charge < -0.3 is 15.9 Å². The Morgan fingerprint density at radius 3 is 2.75 bits per heavy atom. The first-order chi connectivity index (χ1) is 15.5. The van der Waals surface area contributed by atoms with E-state index in [2.05, 4.69) is 31.4 Å². The highest BCUT2D eigenvalue weighted by Crippen LogP contribution is 2.38. The maximum absolute atomic E-state index is 12.6. The highest BCUT2D eigenvalue weighted by Gasteiger charge is 2.26. The van der Waals surface area contributed by atoms with Gasteiger partial charge in [0.2, 0.25) is 11.1 Å². The molecule has 0 bridgehead atoms. The molecule has 0 radical (unpaired) electrons. The average molecular weight is 536 g/mol. The highest BCUT2D eigenvalue weighted by molar-refractivity contribution is 9.10. The molecule has 0 fully saturated rings. The van der Waals surface area contributed by atoms with Crippen LogP contribution in [0.25, 0.3) is 11.4 Å². The van der Waals surface area contributed by atoms with E-state index >= 15 is 0 Å². The van der Waals surface area contributed by atoms with Crippen molar-refractivity contribution in [1.82, 2.24) is 14.9 Å². The lowest BCUT2D eigenvalue weighted by Crippen LogP contribution is -2.16. The number of nitrogens with two attached hydrogens (primary N) is 1. The van der Waals surface area contributed by atoms with E-state index in [0.717, 1.165) is 46.2 Å². The third-order valence-corrected chi connectivity index (χ3v) is 7.82. The largest absolute Gasteiger partial charge is 0.465 e. The number of nitrogens with one attached hydrogen (secondary N) is 1. The zero-order valence-corrected chi connectivity index (χ0v) is 20.6. The molecule has 4 rings (SSSR count). The molecule has 8 nitrogen and oxygen atoms in total. The van der Waals surface area contributed by atoms with Crippen LogP contribution in [0, 0.1) is 0 Å². The summed E-state index contributed by atoms with van der Waals surface area (Å²) in [6, 6.07) is 7.62. The van der Waals surface area contributed by atoms with E-state index in [-0.39, 0.29) is 12.3 Å². The van der Waals surface area contributed by atoms with Crippen LogP contribution in [0.4, 0.5) is 5.00 Å². The predicted octanol–water partition coefficient (Wildman–Crippen LogP) is 4.27. The van der Waals surface area contributed by atoms with Crippen LogP contribution in [0.3, 0.4) is 0 Å². The zero-order valence-electron chi connectivity index (χ0n) is 17.4. The molecule has 2 heterocycles. The minimum atomic E-state index is -0.397. The van der Waals surface area contributed by atoms with Gasteiger partial charge in [0.15, 0.2) is 5.82 Å². The Hall–Kier alpha value is -2.37. The van der Waals surface area contributed by atoms with E-state index in [9.17, 15) is 9.59 Å². The van der Waals surface area contributed by atoms with Crippen molar-refractivity contribution in [3.05, 3.63) is 44.7 Å². The number of nitrogen functional groups attached to an aromatic ring is 1. The summed E-state index contributed by atoms with van der Waals surface area (Å²) in [5.41, 5.74) is 2.38. The van der Waals surface area contributed by atoms with Crippen molar-refractivity contribution in [2.75, 3.05) is 24.0 Å². The van der Waals surface area contributed by atoms with Gasteiger partial charge in [-0.15, -0.1) is 21.5 Å². The number of thiophene rings is 1. The van der Waals surface area contributed by atoms with Crippen LogP contribution >= 0.6 is 39.0 Å². The first-order valence-electron chi connectivity index (χ1n) is 10.1. The minimum Gasteiger partial charge on any atom is -0.465 e. The van der Waals surface area contributed by atoms with Gasteiger partial charge in [0.1, 0.15) is 5.00 Å². The molecule has 3 N–H and O–H groups in total. The number of nitrogens with zero attached hydrogens (tertiary/aromatic N) is 3. The molecule has 3 aromatic rings. The number of carbonyl (C=O) groups is 2. The van der Waals surface area contributed by atoms with Gasteiger partial charge in [-0.2, -0.15) is 0 Å². The molecular formula is C21H22BrN5O3S2. The lowest BCUT2D eigenvalue weighted by Gasteiger charge is -2.11. The van der Waals surface area contributed by atoms with E-state index in [4.69, 9.17) is 10.6 Å². The highest BCUT2D eigenvalue weighted by atomic mass is 79.9. The van der Waals surface area contributed by atoms with Gasteiger partial charge in [-0.1, -0.05) is 39.8 Å². The van der Waals surface area contributed by atoms with Crippen molar-refractivity contribution in [3.63, 3.8) is 0 Å². The Morgan fingerprint density at radius 1 is 1.25 bits per heavy atom. The minimum absolute atomic E-state index is 0.169. The number of amides is 1. The second kappa shape index (κ2) is 10.1. The van der Waals surface area contributed by atoms with Crippen LogP contribution in [-0.2, 0) is 22.4 Å². The number of benzene rings is 1. The molecule has 1 aliphatic carbocycles. The van der Waals surface area contributed by atoms with Crippen molar-refractivity contribution in [2.24, 2.45) is 0 Å². The number of fused-ring (bicyclic) bond motifs is 1. The van der Waals surface area contributed by atoms with Crippen molar-refractivity contribution < 1.29 is 14.3 Å². The number of hydrogen-bond acceptors (Lipinski definition) is 8. The first kappa shape index (κ1) is 22.8. The summed E-state index contributed by atoms with van der Waals surface area (Å²) in [6.07, 6.45) is 4.16. The maximum atomic E-state index is 12.6. The summed E-state index contributed by atoms with van der Waals surface area (Å²) >= 11 is 6.24. The number of esters is 1. The third-order valence-electron chi connectivity index (χ3n) is 5.14.